The van der Waals surface area contributed by atoms with Crippen molar-refractivity contribution in [2.24, 2.45) is 0 Å². The SMILES string of the molecule is [C-]#[N+]C(C)(C)c1cccc(C(=C)C)c1. The monoisotopic (exact) mass is 185 g/mol. The van der Waals surface area contributed by atoms with E-state index in [2.05, 4.69) is 11.4 Å². The van der Waals surface area contributed by atoms with Crippen molar-refractivity contribution in [3.8, 4) is 0 Å². The summed E-state index contributed by atoms with van der Waals surface area (Å²) < 4.78 is 0. The van der Waals surface area contributed by atoms with Crippen LogP contribution in [-0.4, -0.2) is 0 Å². The average Bonchev–Trinajstić information content (AvgIpc) is 2.18. The molecule has 1 heteroatoms. The van der Waals surface area contributed by atoms with E-state index in [1.54, 1.807) is 0 Å². The first-order valence-electron chi connectivity index (χ1n) is 4.62. The maximum absolute atomic E-state index is 7.12. The normalized spacial score (nSPS) is 10.7. The van der Waals surface area contributed by atoms with E-state index in [9.17, 15) is 0 Å². The molecule has 0 bridgehead atoms. The lowest BCUT2D eigenvalue weighted by Crippen LogP contribution is -2.10. The quantitative estimate of drug-likeness (QED) is 0.616. The van der Waals surface area contributed by atoms with Crippen LogP contribution in [-0.2, 0) is 5.54 Å². The highest BCUT2D eigenvalue weighted by Gasteiger charge is 2.25. The molecule has 0 unspecified atom stereocenters. The van der Waals surface area contributed by atoms with Gasteiger partial charge in [0.1, 0.15) is 0 Å². The van der Waals surface area contributed by atoms with Crippen LogP contribution in [0.4, 0.5) is 0 Å². The predicted molar refractivity (Wildman–Crippen MR) is 60.8 cm³/mol. The summed E-state index contributed by atoms with van der Waals surface area (Å²) in [6, 6.07) is 8.03. The molecule has 0 aliphatic heterocycles. The highest BCUT2D eigenvalue weighted by Crippen LogP contribution is 2.26. The van der Waals surface area contributed by atoms with Crippen molar-refractivity contribution in [2.45, 2.75) is 26.3 Å². The minimum atomic E-state index is -0.439. The summed E-state index contributed by atoms with van der Waals surface area (Å²) in [6.45, 7) is 16.9. The van der Waals surface area contributed by atoms with Gasteiger partial charge >= 0.3 is 0 Å². The molecule has 1 aromatic carbocycles. The van der Waals surface area contributed by atoms with Crippen LogP contribution in [0.1, 0.15) is 31.9 Å². The Morgan fingerprint density at radius 1 is 1.43 bits per heavy atom. The molecule has 72 valence electrons. The van der Waals surface area contributed by atoms with E-state index in [0.717, 1.165) is 16.7 Å². The van der Waals surface area contributed by atoms with Gasteiger partial charge in [0, 0.05) is 19.4 Å². The second-order valence-electron chi connectivity index (χ2n) is 4.03. The van der Waals surface area contributed by atoms with Crippen molar-refractivity contribution in [3.63, 3.8) is 0 Å². The lowest BCUT2D eigenvalue weighted by molar-refractivity contribution is 0.664. The Kier molecular flexibility index (Phi) is 2.76. The maximum atomic E-state index is 7.12. The molecule has 0 fully saturated rings. The van der Waals surface area contributed by atoms with Crippen LogP contribution in [0.3, 0.4) is 0 Å². The molecule has 0 heterocycles. The molecule has 0 spiro atoms. The van der Waals surface area contributed by atoms with Gasteiger partial charge in [0.05, 0.1) is 0 Å². The topological polar surface area (TPSA) is 4.36 Å². The number of hydrogen-bond donors (Lipinski definition) is 0. The average molecular weight is 185 g/mol. The van der Waals surface area contributed by atoms with Crippen LogP contribution in [0.5, 0.6) is 0 Å². The molecule has 14 heavy (non-hydrogen) atoms. The summed E-state index contributed by atoms with van der Waals surface area (Å²) in [5, 5.41) is 0. The molecular weight excluding hydrogens is 170 g/mol. The number of nitrogens with zero attached hydrogens (tertiary/aromatic N) is 1. The summed E-state index contributed by atoms with van der Waals surface area (Å²) in [7, 11) is 0. The lowest BCUT2D eigenvalue weighted by Gasteiger charge is -2.12. The van der Waals surface area contributed by atoms with Crippen LogP contribution in [0.2, 0.25) is 0 Å². The molecule has 0 saturated carbocycles. The second kappa shape index (κ2) is 3.67. The largest absolute Gasteiger partial charge is 0.306 e. The Hall–Kier alpha value is -1.55. The maximum Gasteiger partial charge on any atom is 0.252 e. The van der Waals surface area contributed by atoms with Gasteiger partial charge in [-0.05, 0) is 18.6 Å². The van der Waals surface area contributed by atoms with Crippen molar-refractivity contribution in [1.29, 1.82) is 0 Å². The van der Waals surface area contributed by atoms with Gasteiger partial charge in [-0.1, -0.05) is 30.4 Å². The first-order valence-corrected chi connectivity index (χ1v) is 4.62. The van der Waals surface area contributed by atoms with E-state index in [1.165, 1.54) is 0 Å². The predicted octanol–water partition coefficient (Wildman–Crippen LogP) is 3.87. The Morgan fingerprint density at radius 2 is 2.07 bits per heavy atom. The van der Waals surface area contributed by atoms with Crippen molar-refractivity contribution < 1.29 is 0 Å². The Labute approximate surface area is 85.9 Å². The molecule has 0 N–H and O–H groups in total. The summed E-state index contributed by atoms with van der Waals surface area (Å²) >= 11 is 0. The zero-order valence-electron chi connectivity index (χ0n) is 8.96. The minimum absolute atomic E-state index is 0.439. The fourth-order valence-corrected chi connectivity index (χ4v) is 1.23. The van der Waals surface area contributed by atoms with Gasteiger partial charge in [0.2, 0.25) is 0 Å². The van der Waals surface area contributed by atoms with Crippen molar-refractivity contribution >= 4 is 5.57 Å². The smallest absolute Gasteiger partial charge is 0.252 e. The van der Waals surface area contributed by atoms with Gasteiger partial charge in [-0.25, -0.2) is 6.57 Å². The Bertz CT molecular complexity index is 394. The first kappa shape index (κ1) is 10.5. The lowest BCUT2D eigenvalue weighted by atomic mass is 9.92. The van der Waals surface area contributed by atoms with Crippen molar-refractivity contribution in [2.75, 3.05) is 0 Å². The molecule has 0 saturated heterocycles. The van der Waals surface area contributed by atoms with E-state index >= 15 is 0 Å². The molecular formula is C13H15N. The Balaban J connectivity index is 3.20. The molecule has 1 aromatic rings. The van der Waals surface area contributed by atoms with Crippen molar-refractivity contribution in [3.05, 3.63) is 53.4 Å². The molecule has 0 amide bonds. The third kappa shape index (κ3) is 2.03. The highest BCUT2D eigenvalue weighted by atomic mass is 14.8. The number of benzene rings is 1. The van der Waals surface area contributed by atoms with E-state index < -0.39 is 5.54 Å². The van der Waals surface area contributed by atoms with E-state index in [-0.39, 0.29) is 0 Å². The van der Waals surface area contributed by atoms with Crippen LogP contribution in [0, 0.1) is 6.57 Å². The van der Waals surface area contributed by atoms with Crippen LogP contribution >= 0.6 is 0 Å². The minimum Gasteiger partial charge on any atom is -0.306 e. The van der Waals surface area contributed by atoms with Crippen LogP contribution in [0.25, 0.3) is 10.4 Å². The summed E-state index contributed by atoms with van der Waals surface area (Å²) in [5.41, 5.74) is 2.76. The van der Waals surface area contributed by atoms with E-state index in [1.807, 2.05) is 45.0 Å². The van der Waals surface area contributed by atoms with Crippen molar-refractivity contribution in [1.82, 2.24) is 0 Å². The third-order valence-corrected chi connectivity index (χ3v) is 2.34. The standard InChI is InChI=1S/C13H15N/c1-10(2)11-7-6-8-12(9-11)13(3,4)14-5/h6-9H,1H2,2-4H3. The van der Waals surface area contributed by atoms with Crippen LogP contribution < -0.4 is 0 Å². The number of hydrogen-bond acceptors (Lipinski definition) is 0. The molecule has 0 aromatic heterocycles. The molecule has 0 radical (unpaired) electrons. The van der Waals surface area contributed by atoms with E-state index in [0.29, 0.717) is 0 Å². The zero-order chi connectivity index (χ0) is 10.8. The molecule has 1 nitrogen and oxygen atoms in total. The highest BCUT2D eigenvalue weighted by molar-refractivity contribution is 5.62. The van der Waals surface area contributed by atoms with Gasteiger partial charge < -0.3 is 4.85 Å². The van der Waals surface area contributed by atoms with E-state index in [4.69, 9.17) is 6.57 Å². The molecule has 1 rings (SSSR count). The zero-order valence-corrected chi connectivity index (χ0v) is 8.96. The number of allylic oxidation sites excluding steroid dienone is 1. The molecule has 0 aliphatic carbocycles. The summed E-state index contributed by atoms with van der Waals surface area (Å²) in [4.78, 5) is 3.61. The molecule has 0 atom stereocenters. The Morgan fingerprint density at radius 3 is 2.57 bits per heavy atom. The van der Waals surface area contributed by atoms with Gasteiger partial charge in [-0.2, -0.15) is 0 Å². The summed E-state index contributed by atoms with van der Waals surface area (Å²) in [6.07, 6.45) is 0. The molecule has 0 aliphatic rings. The van der Waals surface area contributed by atoms with Gasteiger partial charge in [0.15, 0.2) is 0 Å². The summed E-state index contributed by atoms with van der Waals surface area (Å²) in [5.74, 6) is 0. The first-order chi connectivity index (χ1) is 6.47. The fourth-order valence-electron chi connectivity index (χ4n) is 1.23. The van der Waals surface area contributed by atoms with Crippen LogP contribution in [0.15, 0.2) is 30.8 Å². The van der Waals surface area contributed by atoms with Gasteiger partial charge in [-0.3, -0.25) is 0 Å². The number of rotatable bonds is 2. The second-order valence-corrected chi connectivity index (χ2v) is 4.03. The fraction of sp³-hybridized carbons (Fsp3) is 0.308. The van der Waals surface area contributed by atoms with Gasteiger partial charge in [-0.15, -0.1) is 0 Å². The third-order valence-electron chi connectivity index (χ3n) is 2.34. The van der Waals surface area contributed by atoms with Gasteiger partial charge in [0.25, 0.3) is 5.54 Å².